The van der Waals surface area contributed by atoms with Gasteiger partial charge in [0, 0.05) is 18.8 Å². The molecule has 0 aromatic heterocycles. The van der Waals surface area contributed by atoms with Crippen molar-refractivity contribution in [3.05, 3.63) is 35.4 Å². The third-order valence-electron chi connectivity index (χ3n) is 3.45. The first-order chi connectivity index (χ1) is 7.74. The van der Waals surface area contributed by atoms with Gasteiger partial charge in [-0.05, 0) is 30.4 Å². The molecular formula is C14H21NO. The summed E-state index contributed by atoms with van der Waals surface area (Å²) in [5, 5.41) is 0. The lowest BCUT2D eigenvalue weighted by molar-refractivity contribution is 0.0522. The fourth-order valence-electron chi connectivity index (χ4n) is 2.32. The van der Waals surface area contributed by atoms with Crippen LogP contribution in [0.2, 0.25) is 0 Å². The topological polar surface area (TPSA) is 35.2 Å². The number of rotatable bonds is 3. The molecule has 2 rings (SSSR count). The Balaban J connectivity index is 2.13. The molecule has 16 heavy (non-hydrogen) atoms. The molecule has 1 saturated heterocycles. The average Bonchev–Trinajstić information content (AvgIpc) is 2.31. The Morgan fingerprint density at radius 2 is 1.81 bits per heavy atom. The van der Waals surface area contributed by atoms with E-state index in [2.05, 4.69) is 31.2 Å². The Morgan fingerprint density at radius 1 is 1.19 bits per heavy atom. The summed E-state index contributed by atoms with van der Waals surface area (Å²) >= 11 is 0. The monoisotopic (exact) mass is 219 g/mol. The summed E-state index contributed by atoms with van der Waals surface area (Å²) in [4.78, 5) is 0. The lowest BCUT2D eigenvalue weighted by Crippen LogP contribution is -2.42. The van der Waals surface area contributed by atoms with Crippen molar-refractivity contribution in [1.29, 1.82) is 0 Å². The van der Waals surface area contributed by atoms with Gasteiger partial charge in [0.05, 0.1) is 0 Å². The maximum Gasteiger partial charge on any atom is 0.0486 e. The minimum absolute atomic E-state index is 0.164. The van der Waals surface area contributed by atoms with E-state index in [0.29, 0.717) is 0 Å². The van der Waals surface area contributed by atoms with Gasteiger partial charge < -0.3 is 10.5 Å². The van der Waals surface area contributed by atoms with Gasteiger partial charge in [0.25, 0.3) is 0 Å². The predicted molar refractivity (Wildman–Crippen MR) is 66.4 cm³/mol. The molecule has 1 aromatic carbocycles. The van der Waals surface area contributed by atoms with Crippen molar-refractivity contribution in [2.45, 2.75) is 38.1 Å². The zero-order valence-corrected chi connectivity index (χ0v) is 10.0. The fraction of sp³-hybridized carbons (Fsp3) is 0.571. The zero-order chi connectivity index (χ0) is 11.4. The molecule has 0 atom stereocenters. The molecule has 1 aliphatic heterocycles. The molecular weight excluding hydrogens is 198 g/mol. The number of hydrogen-bond acceptors (Lipinski definition) is 2. The van der Waals surface area contributed by atoms with Crippen molar-refractivity contribution in [2.75, 3.05) is 13.2 Å². The minimum atomic E-state index is -0.164. The summed E-state index contributed by atoms with van der Waals surface area (Å²) in [6.07, 6.45) is 4.21. The third kappa shape index (κ3) is 2.45. The maximum absolute atomic E-state index is 6.42. The van der Waals surface area contributed by atoms with Gasteiger partial charge in [-0.2, -0.15) is 0 Å². The van der Waals surface area contributed by atoms with Gasteiger partial charge in [-0.1, -0.05) is 37.6 Å². The van der Waals surface area contributed by atoms with Crippen LogP contribution in [0.15, 0.2) is 24.3 Å². The van der Waals surface area contributed by atoms with E-state index in [1.54, 1.807) is 0 Å². The quantitative estimate of drug-likeness (QED) is 0.848. The van der Waals surface area contributed by atoms with Gasteiger partial charge in [0.15, 0.2) is 0 Å². The highest BCUT2D eigenvalue weighted by Gasteiger charge is 2.29. The lowest BCUT2D eigenvalue weighted by Gasteiger charge is -2.34. The van der Waals surface area contributed by atoms with Crippen molar-refractivity contribution in [3.8, 4) is 0 Å². The third-order valence-corrected chi connectivity index (χ3v) is 3.45. The fourth-order valence-corrected chi connectivity index (χ4v) is 2.32. The van der Waals surface area contributed by atoms with Gasteiger partial charge in [0.2, 0.25) is 0 Å². The first-order valence-electron chi connectivity index (χ1n) is 6.21. The molecule has 0 unspecified atom stereocenters. The van der Waals surface area contributed by atoms with Crippen molar-refractivity contribution < 1.29 is 4.74 Å². The summed E-state index contributed by atoms with van der Waals surface area (Å²) in [7, 11) is 0. The molecule has 0 bridgehead atoms. The molecule has 0 aliphatic carbocycles. The Morgan fingerprint density at radius 3 is 2.38 bits per heavy atom. The second-order valence-corrected chi connectivity index (χ2v) is 4.72. The van der Waals surface area contributed by atoms with Gasteiger partial charge in [-0.15, -0.1) is 0 Å². The van der Waals surface area contributed by atoms with Crippen LogP contribution in [0.3, 0.4) is 0 Å². The van der Waals surface area contributed by atoms with Crippen molar-refractivity contribution in [2.24, 2.45) is 5.73 Å². The van der Waals surface area contributed by atoms with E-state index in [-0.39, 0.29) is 5.54 Å². The summed E-state index contributed by atoms with van der Waals surface area (Å²) in [6.45, 7) is 3.78. The molecule has 2 nitrogen and oxygen atoms in total. The highest BCUT2D eigenvalue weighted by Crippen LogP contribution is 2.29. The van der Waals surface area contributed by atoms with Crippen LogP contribution in [-0.2, 0) is 16.7 Å². The van der Waals surface area contributed by atoms with E-state index in [1.807, 2.05) is 0 Å². The molecule has 1 aliphatic rings. The van der Waals surface area contributed by atoms with Crippen LogP contribution < -0.4 is 5.73 Å². The number of hydrogen-bond donors (Lipinski definition) is 1. The number of aryl methyl sites for hydroxylation is 1. The van der Waals surface area contributed by atoms with Crippen LogP contribution in [0.25, 0.3) is 0 Å². The molecule has 88 valence electrons. The molecule has 1 aromatic rings. The second kappa shape index (κ2) is 4.98. The number of nitrogens with two attached hydrogens (primary N) is 1. The van der Waals surface area contributed by atoms with E-state index < -0.39 is 0 Å². The Bertz CT molecular complexity index is 325. The molecule has 0 radical (unpaired) electrons. The molecule has 0 amide bonds. The second-order valence-electron chi connectivity index (χ2n) is 4.72. The van der Waals surface area contributed by atoms with Crippen molar-refractivity contribution in [1.82, 2.24) is 0 Å². The first-order valence-corrected chi connectivity index (χ1v) is 6.21. The largest absolute Gasteiger partial charge is 0.381 e. The van der Waals surface area contributed by atoms with Gasteiger partial charge >= 0.3 is 0 Å². The Hall–Kier alpha value is -0.860. The van der Waals surface area contributed by atoms with E-state index in [4.69, 9.17) is 10.5 Å². The minimum Gasteiger partial charge on any atom is -0.381 e. The van der Waals surface area contributed by atoms with E-state index in [1.165, 1.54) is 17.5 Å². The van der Waals surface area contributed by atoms with Gasteiger partial charge in [-0.3, -0.25) is 0 Å². The molecule has 2 N–H and O–H groups in total. The standard InChI is InChI=1S/C14H21NO/c1-2-3-12-4-6-13(7-5-12)14(15)8-10-16-11-9-14/h4-7H,2-3,8-11,15H2,1H3. The van der Waals surface area contributed by atoms with Crippen molar-refractivity contribution in [3.63, 3.8) is 0 Å². The summed E-state index contributed by atoms with van der Waals surface area (Å²) < 4.78 is 5.37. The van der Waals surface area contributed by atoms with Crippen LogP contribution in [-0.4, -0.2) is 13.2 Å². The highest BCUT2D eigenvalue weighted by molar-refractivity contribution is 5.28. The molecule has 2 heteroatoms. The van der Waals surface area contributed by atoms with Crippen LogP contribution in [0, 0.1) is 0 Å². The molecule has 0 spiro atoms. The first kappa shape index (κ1) is 11.6. The lowest BCUT2D eigenvalue weighted by atomic mass is 9.83. The Labute approximate surface area is 97.8 Å². The normalized spacial score (nSPS) is 19.6. The molecule has 1 heterocycles. The number of benzene rings is 1. The average molecular weight is 219 g/mol. The van der Waals surface area contributed by atoms with E-state index in [9.17, 15) is 0 Å². The van der Waals surface area contributed by atoms with Crippen molar-refractivity contribution >= 4 is 0 Å². The van der Waals surface area contributed by atoms with Crippen LogP contribution >= 0.6 is 0 Å². The smallest absolute Gasteiger partial charge is 0.0486 e. The van der Waals surface area contributed by atoms with Gasteiger partial charge in [-0.25, -0.2) is 0 Å². The Kier molecular flexibility index (Phi) is 3.62. The molecule has 0 saturated carbocycles. The van der Waals surface area contributed by atoms with Crippen LogP contribution in [0.5, 0.6) is 0 Å². The summed E-state index contributed by atoms with van der Waals surface area (Å²) in [5.74, 6) is 0. The SMILES string of the molecule is CCCc1ccc(C2(N)CCOCC2)cc1. The van der Waals surface area contributed by atoms with Crippen LogP contribution in [0.4, 0.5) is 0 Å². The summed E-state index contributed by atoms with van der Waals surface area (Å²) in [6, 6.07) is 8.80. The van der Waals surface area contributed by atoms with Crippen LogP contribution in [0.1, 0.15) is 37.3 Å². The maximum atomic E-state index is 6.42. The van der Waals surface area contributed by atoms with E-state index in [0.717, 1.165) is 32.5 Å². The van der Waals surface area contributed by atoms with E-state index >= 15 is 0 Å². The summed E-state index contributed by atoms with van der Waals surface area (Å²) in [5.41, 5.74) is 8.93. The predicted octanol–water partition coefficient (Wildman–Crippen LogP) is 2.60. The van der Waals surface area contributed by atoms with Gasteiger partial charge in [0.1, 0.15) is 0 Å². The highest BCUT2D eigenvalue weighted by atomic mass is 16.5. The zero-order valence-electron chi connectivity index (χ0n) is 10.0. The molecule has 1 fully saturated rings. The number of ether oxygens (including phenoxy) is 1.